The molecule has 0 saturated carbocycles. The molecule has 9 aromatic carbocycles. The maximum absolute atomic E-state index is 6.75. The molecular weight excluding hydrogens is 705 g/mol. The molecule has 0 atom stereocenters. The van der Waals surface area contributed by atoms with Crippen LogP contribution in [-0.2, 0) is 5.41 Å². The van der Waals surface area contributed by atoms with E-state index in [1.807, 2.05) is 12.1 Å². The largest absolute Gasteiger partial charge is 0.457 e. The van der Waals surface area contributed by atoms with Crippen molar-refractivity contribution in [3.63, 3.8) is 0 Å². The highest BCUT2D eigenvalue weighted by molar-refractivity contribution is 6.19. The van der Waals surface area contributed by atoms with Gasteiger partial charge < -0.3 is 4.74 Å². The van der Waals surface area contributed by atoms with Crippen LogP contribution in [0.5, 0.6) is 11.5 Å². The van der Waals surface area contributed by atoms with Gasteiger partial charge in [0.25, 0.3) is 0 Å². The molecule has 0 bridgehead atoms. The van der Waals surface area contributed by atoms with Crippen LogP contribution in [0.15, 0.2) is 206 Å². The smallest absolute Gasteiger partial charge is 0.160 e. The second-order valence-electron chi connectivity index (χ2n) is 15.2. The third-order valence-corrected chi connectivity index (χ3v) is 12.1. The molecule has 0 unspecified atom stereocenters. The second kappa shape index (κ2) is 12.7. The van der Waals surface area contributed by atoms with Gasteiger partial charge in [-0.05, 0) is 79.2 Å². The van der Waals surface area contributed by atoms with Gasteiger partial charge in [-0.1, -0.05) is 182 Å². The van der Waals surface area contributed by atoms with Crippen LogP contribution < -0.4 is 4.74 Å². The molecular formula is C55H34N2O. The van der Waals surface area contributed by atoms with Crippen molar-refractivity contribution in [3.8, 4) is 67.7 Å². The fourth-order valence-electron chi connectivity index (χ4n) is 9.65. The Morgan fingerprint density at radius 2 is 0.828 bits per heavy atom. The van der Waals surface area contributed by atoms with Crippen LogP contribution in [0.4, 0.5) is 0 Å². The topological polar surface area (TPSA) is 35.0 Å². The van der Waals surface area contributed by atoms with E-state index in [1.54, 1.807) is 0 Å². The lowest BCUT2D eigenvalue weighted by molar-refractivity contribution is 0.437. The van der Waals surface area contributed by atoms with Crippen molar-refractivity contribution in [3.05, 3.63) is 229 Å². The number of para-hydroxylation sites is 2. The lowest BCUT2D eigenvalue weighted by atomic mass is 9.65. The number of hydrogen-bond acceptors (Lipinski definition) is 3. The Balaban J connectivity index is 1.15. The SMILES string of the molecule is c1ccc(-c2ccc(-c3nc(-c4ccccc4)cc(-c4ccc5c(c4)C4(c6ccccc6Oc6ccccc64)c4c-5c5ccccc5c5ccccc45)n3)cc2)cc1. The van der Waals surface area contributed by atoms with Crippen LogP contribution in [0.2, 0.25) is 0 Å². The van der Waals surface area contributed by atoms with E-state index in [4.69, 9.17) is 14.7 Å². The molecule has 1 aliphatic carbocycles. The van der Waals surface area contributed by atoms with E-state index in [0.717, 1.165) is 56.3 Å². The Labute approximate surface area is 336 Å². The summed E-state index contributed by atoms with van der Waals surface area (Å²) < 4.78 is 6.75. The maximum atomic E-state index is 6.75. The molecule has 3 nitrogen and oxygen atoms in total. The Morgan fingerprint density at radius 1 is 0.345 bits per heavy atom. The first-order valence-electron chi connectivity index (χ1n) is 19.8. The molecule has 1 spiro atoms. The molecule has 1 aromatic heterocycles. The van der Waals surface area contributed by atoms with E-state index in [2.05, 4.69) is 194 Å². The standard InChI is InChI=1S/C55H34N2O/c1-3-15-35(16-4-1)36-27-29-38(30-28-36)54-56-48(37-17-5-2-6-18-37)34-49(57-54)39-31-32-44-47(33-39)55(45-23-11-13-25-50(45)58-51-26-14-12-24-46(51)55)53-43-22-10-8-20-41(43)40-19-7-9-21-42(40)52(44)53/h1-34H. The zero-order valence-electron chi connectivity index (χ0n) is 31.4. The van der Waals surface area contributed by atoms with Gasteiger partial charge in [-0.15, -0.1) is 0 Å². The summed E-state index contributed by atoms with van der Waals surface area (Å²) in [7, 11) is 0. The fraction of sp³-hybridized carbons (Fsp3) is 0.0182. The van der Waals surface area contributed by atoms with Gasteiger partial charge in [0.15, 0.2) is 5.82 Å². The quantitative estimate of drug-likeness (QED) is 0.169. The lowest BCUT2D eigenvalue weighted by Crippen LogP contribution is -2.32. The Bertz CT molecular complexity index is 3200. The summed E-state index contributed by atoms with van der Waals surface area (Å²) in [4.78, 5) is 10.6. The van der Waals surface area contributed by atoms with E-state index in [-0.39, 0.29) is 0 Å². The maximum Gasteiger partial charge on any atom is 0.160 e. The number of nitrogens with zero attached hydrogens (tertiary/aromatic N) is 2. The summed E-state index contributed by atoms with van der Waals surface area (Å²) >= 11 is 0. The third kappa shape index (κ3) is 4.74. The minimum atomic E-state index is -0.666. The molecule has 2 heterocycles. The van der Waals surface area contributed by atoms with Crippen molar-refractivity contribution in [2.24, 2.45) is 0 Å². The summed E-state index contributed by atoms with van der Waals surface area (Å²) in [5.41, 5.74) is 13.7. The van der Waals surface area contributed by atoms with Gasteiger partial charge in [0.2, 0.25) is 0 Å². The van der Waals surface area contributed by atoms with Gasteiger partial charge >= 0.3 is 0 Å². The summed E-state index contributed by atoms with van der Waals surface area (Å²) in [5, 5.41) is 4.99. The van der Waals surface area contributed by atoms with E-state index in [0.29, 0.717) is 5.82 Å². The zero-order chi connectivity index (χ0) is 38.2. The van der Waals surface area contributed by atoms with Crippen LogP contribution in [-0.4, -0.2) is 9.97 Å². The van der Waals surface area contributed by atoms with Crippen LogP contribution in [0.1, 0.15) is 22.3 Å². The minimum absolute atomic E-state index is 0.666. The molecule has 0 radical (unpaired) electrons. The molecule has 12 rings (SSSR count). The van der Waals surface area contributed by atoms with Crippen molar-refractivity contribution in [2.75, 3.05) is 0 Å². The highest BCUT2D eigenvalue weighted by atomic mass is 16.5. The number of rotatable bonds is 4. The average molecular weight is 739 g/mol. The highest BCUT2D eigenvalue weighted by Gasteiger charge is 2.52. The Kier molecular flexibility index (Phi) is 7.14. The van der Waals surface area contributed by atoms with Gasteiger partial charge in [0, 0.05) is 27.8 Å². The number of hydrogen-bond donors (Lipinski definition) is 0. The Hall–Kier alpha value is -7.62. The summed E-state index contributed by atoms with van der Waals surface area (Å²) in [6.07, 6.45) is 0. The van der Waals surface area contributed by atoms with Crippen molar-refractivity contribution >= 4 is 21.5 Å². The van der Waals surface area contributed by atoms with E-state index >= 15 is 0 Å². The molecule has 0 N–H and O–H groups in total. The molecule has 3 heteroatoms. The fourth-order valence-corrected chi connectivity index (χ4v) is 9.65. The third-order valence-electron chi connectivity index (χ3n) is 12.1. The van der Waals surface area contributed by atoms with Gasteiger partial charge in [0.1, 0.15) is 11.5 Å². The highest BCUT2D eigenvalue weighted by Crippen LogP contribution is 2.65. The lowest BCUT2D eigenvalue weighted by Gasteiger charge is -2.40. The molecule has 10 aromatic rings. The summed E-state index contributed by atoms with van der Waals surface area (Å²) in [5.74, 6) is 2.43. The van der Waals surface area contributed by atoms with Crippen LogP contribution in [0, 0.1) is 0 Å². The Morgan fingerprint density at radius 3 is 1.50 bits per heavy atom. The monoisotopic (exact) mass is 738 g/mol. The van der Waals surface area contributed by atoms with Gasteiger partial charge in [-0.2, -0.15) is 0 Å². The van der Waals surface area contributed by atoms with Crippen LogP contribution in [0.3, 0.4) is 0 Å². The molecule has 58 heavy (non-hydrogen) atoms. The molecule has 1 aliphatic heterocycles. The van der Waals surface area contributed by atoms with E-state index < -0.39 is 5.41 Å². The number of ether oxygens (including phenoxy) is 1. The predicted molar refractivity (Wildman–Crippen MR) is 236 cm³/mol. The number of benzene rings is 9. The normalized spacial score (nSPS) is 13.1. The van der Waals surface area contributed by atoms with Gasteiger partial charge in [0.05, 0.1) is 16.8 Å². The van der Waals surface area contributed by atoms with Crippen molar-refractivity contribution in [1.82, 2.24) is 9.97 Å². The molecule has 0 saturated heterocycles. The first-order chi connectivity index (χ1) is 28.8. The molecule has 0 fully saturated rings. The van der Waals surface area contributed by atoms with Gasteiger partial charge in [-0.25, -0.2) is 9.97 Å². The number of fused-ring (bicyclic) bond motifs is 14. The minimum Gasteiger partial charge on any atom is -0.457 e. The predicted octanol–water partition coefficient (Wildman–Crippen LogP) is 13.9. The van der Waals surface area contributed by atoms with Crippen LogP contribution >= 0.6 is 0 Å². The first kappa shape index (κ1) is 32.6. The van der Waals surface area contributed by atoms with Gasteiger partial charge in [-0.3, -0.25) is 0 Å². The zero-order valence-corrected chi connectivity index (χ0v) is 31.4. The van der Waals surface area contributed by atoms with Crippen LogP contribution in [0.25, 0.3) is 77.7 Å². The molecule has 0 amide bonds. The first-order valence-corrected chi connectivity index (χ1v) is 19.8. The summed E-state index contributed by atoms with van der Waals surface area (Å²) in [6.45, 7) is 0. The van der Waals surface area contributed by atoms with Crippen molar-refractivity contribution in [1.29, 1.82) is 0 Å². The van der Waals surface area contributed by atoms with Crippen molar-refractivity contribution < 1.29 is 4.74 Å². The van der Waals surface area contributed by atoms with E-state index in [1.165, 1.54) is 49.4 Å². The average Bonchev–Trinajstić information content (AvgIpc) is 3.60. The van der Waals surface area contributed by atoms with Crippen molar-refractivity contribution in [2.45, 2.75) is 5.41 Å². The molecule has 270 valence electrons. The second-order valence-corrected chi connectivity index (χ2v) is 15.2. The molecule has 2 aliphatic rings. The number of aromatic nitrogens is 2. The summed E-state index contributed by atoms with van der Waals surface area (Å²) in [6, 6.07) is 73.6. The van der Waals surface area contributed by atoms with E-state index in [9.17, 15) is 0 Å².